The fraction of sp³-hybridized carbons (Fsp3) is 0. The maximum atomic E-state index is 11.8. The number of pyridine rings is 2. The molecule has 0 unspecified atom stereocenters. The van der Waals surface area contributed by atoms with Gasteiger partial charge in [-0.1, -0.05) is 18.2 Å². The van der Waals surface area contributed by atoms with Crippen molar-refractivity contribution < 1.29 is 4.79 Å². The summed E-state index contributed by atoms with van der Waals surface area (Å²) in [7, 11) is 0. The predicted molar refractivity (Wildman–Crippen MR) is 78.6 cm³/mol. The van der Waals surface area contributed by atoms with Crippen LogP contribution in [0.3, 0.4) is 0 Å². The van der Waals surface area contributed by atoms with E-state index in [0.717, 1.165) is 10.9 Å². The van der Waals surface area contributed by atoms with E-state index in [1.165, 1.54) is 0 Å². The van der Waals surface area contributed by atoms with Gasteiger partial charge in [0.25, 0.3) is 0 Å². The molecule has 3 aromatic rings. The number of benzene rings is 1. The molecule has 0 fully saturated rings. The van der Waals surface area contributed by atoms with Crippen LogP contribution < -0.4 is 10.6 Å². The number of amides is 2. The highest BCUT2D eigenvalue weighted by molar-refractivity contribution is 6.00. The molecular formula is C15H12N4O. The molecule has 2 N–H and O–H groups in total. The fourth-order valence-corrected chi connectivity index (χ4v) is 1.87. The van der Waals surface area contributed by atoms with Gasteiger partial charge in [-0.2, -0.15) is 0 Å². The largest absolute Gasteiger partial charge is 0.323 e. The minimum absolute atomic E-state index is 0.324. The smallest absolute Gasteiger partial charge is 0.306 e. The summed E-state index contributed by atoms with van der Waals surface area (Å²) in [4.78, 5) is 20.1. The average molecular weight is 264 g/mol. The van der Waals surface area contributed by atoms with E-state index in [1.807, 2.05) is 30.3 Å². The molecule has 20 heavy (non-hydrogen) atoms. The quantitative estimate of drug-likeness (QED) is 0.746. The van der Waals surface area contributed by atoms with Crippen LogP contribution in [0.1, 0.15) is 0 Å². The number of fused-ring (bicyclic) bond motifs is 1. The van der Waals surface area contributed by atoms with Crippen molar-refractivity contribution in [3.8, 4) is 0 Å². The van der Waals surface area contributed by atoms with Gasteiger partial charge in [0.1, 0.15) is 0 Å². The van der Waals surface area contributed by atoms with E-state index >= 15 is 0 Å². The topological polar surface area (TPSA) is 66.9 Å². The number of nitrogens with one attached hydrogen (secondary N) is 2. The Balaban J connectivity index is 1.74. The molecule has 0 spiro atoms. The monoisotopic (exact) mass is 264 g/mol. The van der Waals surface area contributed by atoms with E-state index in [4.69, 9.17) is 0 Å². The summed E-state index contributed by atoms with van der Waals surface area (Å²) in [6, 6.07) is 12.8. The third-order valence-corrected chi connectivity index (χ3v) is 2.77. The lowest BCUT2D eigenvalue weighted by atomic mass is 10.2. The molecule has 0 saturated carbocycles. The van der Waals surface area contributed by atoms with E-state index in [0.29, 0.717) is 11.4 Å². The van der Waals surface area contributed by atoms with Crippen LogP contribution in [0.4, 0.5) is 16.2 Å². The van der Waals surface area contributed by atoms with Gasteiger partial charge in [0.05, 0.1) is 29.3 Å². The summed E-state index contributed by atoms with van der Waals surface area (Å²) >= 11 is 0. The van der Waals surface area contributed by atoms with Crippen molar-refractivity contribution in [2.24, 2.45) is 0 Å². The summed E-state index contributed by atoms with van der Waals surface area (Å²) in [5.74, 6) is 0. The van der Waals surface area contributed by atoms with Crippen molar-refractivity contribution in [1.29, 1.82) is 0 Å². The van der Waals surface area contributed by atoms with Crippen molar-refractivity contribution in [3.05, 3.63) is 61.1 Å². The maximum Gasteiger partial charge on any atom is 0.323 e. The zero-order chi connectivity index (χ0) is 13.8. The molecule has 0 atom stereocenters. The Labute approximate surface area is 115 Å². The Morgan fingerprint density at radius 1 is 0.950 bits per heavy atom. The number of urea groups is 1. The molecule has 2 amide bonds. The number of para-hydroxylation sites is 1. The van der Waals surface area contributed by atoms with Gasteiger partial charge in [-0.25, -0.2) is 4.79 Å². The Morgan fingerprint density at radius 3 is 2.65 bits per heavy atom. The summed E-state index contributed by atoms with van der Waals surface area (Å²) in [5, 5.41) is 6.42. The van der Waals surface area contributed by atoms with Gasteiger partial charge in [-0.05, 0) is 24.3 Å². The molecule has 1 aromatic carbocycles. The second-order valence-electron chi connectivity index (χ2n) is 4.24. The lowest BCUT2D eigenvalue weighted by molar-refractivity contribution is 0.262. The second kappa shape index (κ2) is 5.36. The number of carbonyl (C=O) groups is 1. The molecule has 2 heterocycles. The molecule has 5 nitrogen and oxygen atoms in total. The predicted octanol–water partition coefficient (Wildman–Crippen LogP) is 3.27. The highest BCUT2D eigenvalue weighted by Crippen LogP contribution is 2.16. The van der Waals surface area contributed by atoms with E-state index in [-0.39, 0.29) is 6.03 Å². The minimum atomic E-state index is -0.324. The Morgan fingerprint density at radius 2 is 1.80 bits per heavy atom. The van der Waals surface area contributed by atoms with Crippen molar-refractivity contribution >= 4 is 28.3 Å². The van der Waals surface area contributed by atoms with Crippen LogP contribution in [0.15, 0.2) is 61.1 Å². The van der Waals surface area contributed by atoms with Gasteiger partial charge in [0.15, 0.2) is 0 Å². The highest BCUT2D eigenvalue weighted by Gasteiger charge is 2.03. The van der Waals surface area contributed by atoms with Crippen molar-refractivity contribution in [2.45, 2.75) is 0 Å². The molecule has 3 rings (SSSR count). The molecule has 0 saturated heterocycles. The molecule has 0 bridgehead atoms. The number of hydrogen-bond acceptors (Lipinski definition) is 3. The van der Waals surface area contributed by atoms with Gasteiger partial charge in [-0.3, -0.25) is 9.97 Å². The van der Waals surface area contributed by atoms with E-state index in [1.54, 1.807) is 30.7 Å². The van der Waals surface area contributed by atoms with Crippen molar-refractivity contribution in [3.63, 3.8) is 0 Å². The lowest BCUT2D eigenvalue weighted by Gasteiger charge is -2.07. The standard InChI is InChI=1S/C15H12N4O/c20-15(18-12-5-3-7-16-9-12)19-13-8-11-4-1-2-6-14(11)17-10-13/h1-10H,(H2,18,19,20). The number of aromatic nitrogens is 2. The van der Waals surface area contributed by atoms with Crippen LogP contribution in [-0.2, 0) is 0 Å². The zero-order valence-electron chi connectivity index (χ0n) is 10.6. The number of carbonyl (C=O) groups excluding carboxylic acids is 1. The maximum absolute atomic E-state index is 11.8. The highest BCUT2D eigenvalue weighted by atomic mass is 16.2. The van der Waals surface area contributed by atoms with Crippen LogP contribution in [0.2, 0.25) is 0 Å². The van der Waals surface area contributed by atoms with Gasteiger partial charge in [0, 0.05) is 11.6 Å². The normalized spacial score (nSPS) is 10.2. The minimum Gasteiger partial charge on any atom is -0.306 e. The zero-order valence-corrected chi connectivity index (χ0v) is 10.6. The first kappa shape index (κ1) is 12.1. The first-order chi connectivity index (χ1) is 9.81. The fourth-order valence-electron chi connectivity index (χ4n) is 1.87. The van der Waals surface area contributed by atoms with Crippen LogP contribution in [0.5, 0.6) is 0 Å². The van der Waals surface area contributed by atoms with Crippen LogP contribution in [-0.4, -0.2) is 16.0 Å². The van der Waals surface area contributed by atoms with Crippen molar-refractivity contribution in [1.82, 2.24) is 9.97 Å². The number of rotatable bonds is 2. The lowest BCUT2D eigenvalue weighted by Crippen LogP contribution is -2.19. The van der Waals surface area contributed by atoms with Crippen LogP contribution in [0, 0.1) is 0 Å². The van der Waals surface area contributed by atoms with Crippen LogP contribution >= 0.6 is 0 Å². The number of anilines is 2. The summed E-state index contributed by atoms with van der Waals surface area (Å²) in [6.07, 6.45) is 4.86. The van der Waals surface area contributed by atoms with E-state index in [2.05, 4.69) is 20.6 Å². The van der Waals surface area contributed by atoms with Gasteiger partial charge >= 0.3 is 6.03 Å². The first-order valence-corrected chi connectivity index (χ1v) is 6.14. The van der Waals surface area contributed by atoms with Crippen LogP contribution in [0.25, 0.3) is 10.9 Å². The molecule has 0 aliphatic heterocycles. The molecule has 5 heteroatoms. The third kappa shape index (κ3) is 2.72. The molecule has 0 radical (unpaired) electrons. The second-order valence-corrected chi connectivity index (χ2v) is 4.24. The van der Waals surface area contributed by atoms with Crippen molar-refractivity contribution in [2.75, 3.05) is 10.6 Å². The number of nitrogens with zero attached hydrogens (tertiary/aromatic N) is 2. The molecule has 0 aliphatic rings. The third-order valence-electron chi connectivity index (χ3n) is 2.77. The van der Waals surface area contributed by atoms with Gasteiger partial charge in [-0.15, -0.1) is 0 Å². The molecule has 98 valence electrons. The average Bonchev–Trinajstić information content (AvgIpc) is 2.48. The Hall–Kier alpha value is -2.95. The van der Waals surface area contributed by atoms with Gasteiger partial charge < -0.3 is 10.6 Å². The van der Waals surface area contributed by atoms with E-state index < -0.39 is 0 Å². The molecular weight excluding hydrogens is 252 g/mol. The van der Waals surface area contributed by atoms with Gasteiger partial charge in [0.2, 0.25) is 0 Å². The number of hydrogen-bond donors (Lipinski definition) is 2. The SMILES string of the molecule is O=C(Nc1cccnc1)Nc1cnc2ccccc2c1. The molecule has 0 aliphatic carbocycles. The summed E-state index contributed by atoms with van der Waals surface area (Å²) < 4.78 is 0. The Bertz CT molecular complexity index is 743. The Kier molecular flexibility index (Phi) is 3.24. The first-order valence-electron chi connectivity index (χ1n) is 6.14. The van der Waals surface area contributed by atoms with E-state index in [9.17, 15) is 4.79 Å². The molecule has 2 aromatic heterocycles. The summed E-state index contributed by atoms with van der Waals surface area (Å²) in [5.41, 5.74) is 2.18. The summed E-state index contributed by atoms with van der Waals surface area (Å²) in [6.45, 7) is 0.